The molecular weight excluding hydrogens is 210 g/mol. The maximum Gasteiger partial charge on any atom is 0.342 e. The lowest BCUT2D eigenvalue weighted by Crippen LogP contribution is -2.23. The zero-order valence-electron chi connectivity index (χ0n) is 8.30. The number of fused-ring (bicyclic) bond motifs is 1. The summed E-state index contributed by atoms with van der Waals surface area (Å²) < 4.78 is 1.36. The molecule has 0 aromatic carbocycles. The molecule has 1 fully saturated rings. The van der Waals surface area contributed by atoms with E-state index in [1.165, 1.54) is 4.40 Å². The fourth-order valence-electron chi connectivity index (χ4n) is 1.83. The molecule has 0 spiro atoms. The second-order valence-corrected chi connectivity index (χ2v) is 3.93. The summed E-state index contributed by atoms with van der Waals surface area (Å²) in [6, 6.07) is 0. The topological polar surface area (TPSA) is 87.5 Å². The first-order valence-corrected chi connectivity index (χ1v) is 5.01. The summed E-state index contributed by atoms with van der Waals surface area (Å²) in [5, 5.41) is 8.84. The van der Waals surface area contributed by atoms with E-state index in [1.54, 1.807) is 6.20 Å². The van der Waals surface area contributed by atoms with E-state index in [4.69, 9.17) is 5.11 Å². The zero-order valence-corrected chi connectivity index (χ0v) is 8.30. The Kier molecular flexibility index (Phi) is 1.68. The van der Waals surface area contributed by atoms with Gasteiger partial charge < -0.3 is 10.1 Å². The van der Waals surface area contributed by atoms with Gasteiger partial charge in [0.05, 0.1) is 6.20 Å². The van der Waals surface area contributed by atoms with Crippen molar-refractivity contribution in [3.05, 3.63) is 34.0 Å². The normalized spacial score (nSPS) is 15.5. The number of carbonyl (C=O) groups is 1. The molecule has 2 aromatic heterocycles. The second-order valence-electron chi connectivity index (χ2n) is 3.93. The summed E-state index contributed by atoms with van der Waals surface area (Å²) in [5.41, 5.74) is 0.0234. The van der Waals surface area contributed by atoms with Crippen molar-refractivity contribution in [1.29, 1.82) is 0 Å². The van der Waals surface area contributed by atoms with Gasteiger partial charge in [0.25, 0.3) is 5.56 Å². The molecule has 6 nitrogen and oxygen atoms in total. The van der Waals surface area contributed by atoms with Crippen molar-refractivity contribution in [2.75, 3.05) is 0 Å². The van der Waals surface area contributed by atoms with Crippen molar-refractivity contribution in [3.8, 4) is 0 Å². The molecule has 1 saturated carbocycles. The largest absolute Gasteiger partial charge is 0.477 e. The van der Waals surface area contributed by atoms with Crippen LogP contribution in [-0.2, 0) is 0 Å². The molecule has 0 bridgehead atoms. The van der Waals surface area contributed by atoms with E-state index in [0.717, 1.165) is 24.7 Å². The lowest BCUT2D eigenvalue weighted by atomic mass is 10.3. The molecule has 0 atom stereocenters. The number of nitrogens with zero attached hydrogens (tertiary/aromatic N) is 2. The van der Waals surface area contributed by atoms with Gasteiger partial charge in [-0.2, -0.15) is 0 Å². The van der Waals surface area contributed by atoms with Crippen LogP contribution in [0.3, 0.4) is 0 Å². The van der Waals surface area contributed by atoms with Crippen LogP contribution in [0.15, 0.2) is 17.2 Å². The average Bonchev–Trinajstić information content (AvgIpc) is 2.99. The Hall–Kier alpha value is -2.11. The highest BCUT2D eigenvalue weighted by molar-refractivity contribution is 5.86. The maximum atomic E-state index is 11.9. The third-order valence-electron chi connectivity index (χ3n) is 2.79. The van der Waals surface area contributed by atoms with Crippen molar-refractivity contribution in [3.63, 3.8) is 0 Å². The summed E-state index contributed by atoms with van der Waals surface area (Å²) in [4.78, 5) is 29.5. The predicted octanol–water partition coefficient (Wildman–Crippen LogP) is 0.598. The molecule has 3 rings (SSSR count). The van der Waals surface area contributed by atoms with Crippen LogP contribution in [0.2, 0.25) is 0 Å². The standard InChI is InChI=1S/C10H9N3O3/c14-8-6(9(15)16)3-11-10-12-4-7(13(8)10)5-1-2-5/h3-5H,1-2H2,(H,11,12)(H,15,16). The van der Waals surface area contributed by atoms with Crippen LogP contribution >= 0.6 is 0 Å². The lowest BCUT2D eigenvalue weighted by molar-refractivity contribution is 0.0694. The third kappa shape index (κ3) is 1.16. The molecule has 2 N–H and O–H groups in total. The Bertz CT molecular complexity index is 636. The van der Waals surface area contributed by atoms with Gasteiger partial charge in [-0.15, -0.1) is 0 Å². The molecule has 1 aliphatic rings. The van der Waals surface area contributed by atoms with Crippen LogP contribution in [0, 0.1) is 0 Å². The van der Waals surface area contributed by atoms with Crippen molar-refractivity contribution in [2.45, 2.75) is 18.8 Å². The smallest absolute Gasteiger partial charge is 0.342 e. The van der Waals surface area contributed by atoms with Gasteiger partial charge in [-0.3, -0.25) is 4.79 Å². The number of aromatic amines is 1. The minimum Gasteiger partial charge on any atom is -0.477 e. The Morgan fingerprint density at radius 3 is 2.94 bits per heavy atom. The van der Waals surface area contributed by atoms with E-state index in [9.17, 15) is 9.59 Å². The first-order chi connectivity index (χ1) is 7.68. The van der Waals surface area contributed by atoms with Crippen LogP contribution < -0.4 is 5.56 Å². The van der Waals surface area contributed by atoms with Gasteiger partial charge in [0.1, 0.15) is 5.56 Å². The average molecular weight is 219 g/mol. The Balaban J connectivity index is 2.36. The van der Waals surface area contributed by atoms with E-state index < -0.39 is 11.5 Å². The molecule has 0 saturated heterocycles. The van der Waals surface area contributed by atoms with E-state index in [-0.39, 0.29) is 5.56 Å². The third-order valence-corrected chi connectivity index (χ3v) is 2.79. The number of carboxylic acid groups (broad SMARTS) is 1. The number of H-pyrrole nitrogens is 1. The van der Waals surface area contributed by atoms with E-state index in [0.29, 0.717) is 11.7 Å². The molecule has 0 unspecified atom stereocenters. The predicted molar refractivity (Wildman–Crippen MR) is 54.7 cm³/mol. The van der Waals surface area contributed by atoms with Gasteiger partial charge in [0.2, 0.25) is 5.78 Å². The summed E-state index contributed by atoms with van der Waals surface area (Å²) in [6.45, 7) is 0. The van der Waals surface area contributed by atoms with Gasteiger partial charge in [0.15, 0.2) is 0 Å². The number of imidazole rings is 1. The van der Waals surface area contributed by atoms with Gasteiger partial charge in [-0.1, -0.05) is 0 Å². The van der Waals surface area contributed by atoms with Crippen LogP contribution in [0.4, 0.5) is 0 Å². The highest BCUT2D eigenvalue weighted by atomic mass is 16.4. The molecule has 0 radical (unpaired) electrons. The molecule has 6 heteroatoms. The Morgan fingerprint density at radius 1 is 1.56 bits per heavy atom. The van der Waals surface area contributed by atoms with Gasteiger partial charge in [-0.05, 0) is 12.8 Å². The molecule has 0 aliphatic heterocycles. The molecule has 2 heterocycles. The van der Waals surface area contributed by atoms with Crippen molar-refractivity contribution >= 4 is 11.7 Å². The molecule has 0 amide bonds. The number of nitrogens with one attached hydrogen (secondary N) is 1. The minimum absolute atomic E-state index is 0.293. The fraction of sp³-hybridized carbons (Fsp3) is 0.300. The van der Waals surface area contributed by atoms with Gasteiger partial charge in [0, 0.05) is 17.8 Å². The molecule has 82 valence electrons. The van der Waals surface area contributed by atoms with Crippen molar-refractivity contribution in [1.82, 2.24) is 14.4 Å². The Labute approximate surface area is 89.6 Å². The Morgan fingerprint density at radius 2 is 2.31 bits per heavy atom. The van der Waals surface area contributed by atoms with Crippen LogP contribution in [0.25, 0.3) is 5.78 Å². The lowest BCUT2D eigenvalue weighted by Gasteiger charge is -1.99. The number of carboxylic acids is 1. The molecule has 16 heavy (non-hydrogen) atoms. The van der Waals surface area contributed by atoms with Crippen LogP contribution in [0.1, 0.15) is 34.8 Å². The van der Waals surface area contributed by atoms with E-state index in [2.05, 4.69) is 9.97 Å². The summed E-state index contributed by atoms with van der Waals surface area (Å²) >= 11 is 0. The first-order valence-electron chi connectivity index (χ1n) is 5.01. The summed E-state index contributed by atoms with van der Waals surface area (Å²) in [6.07, 6.45) is 4.90. The number of hydrogen-bond donors (Lipinski definition) is 2. The second kappa shape index (κ2) is 2.94. The SMILES string of the molecule is O=C(O)c1cnc2[nH]cc(C3CC3)n2c1=O. The van der Waals surface area contributed by atoms with Crippen LogP contribution in [0.5, 0.6) is 0 Å². The minimum atomic E-state index is -1.24. The number of hydrogen-bond acceptors (Lipinski definition) is 3. The van der Waals surface area contributed by atoms with Gasteiger partial charge in [-0.25, -0.2) is 14.2 Å². The zero-order chi connectivity index (χ0) is 11.3. The number of aromatic nitrogens is 3. The number of rotatable bonds is 2. The molecule has 2 aromatic rings. The first kappa shape index (κ1) is 9.14. The molecule has 1 aliphatic carbocycles. The number of aromatic carboxylic acids is 1. The summed E-state index contributed by atoms with van der Waals surface area (Å²) in [5.74, 6) is -0.482. The van der Waals surface area contributed by atoms with Crippen LogP contribution in [-0.4, -0.2) is 25.4 Å². The van der Waals surface area contributed by atoms with Crippen molar-refractivity contribution in [2.24, 2.45) is 0 Å². The quantitative estimate of drug-likeness (QED) is 0.774. The highest BCUT2D eigenvalue weighted by Crippen LogP contribution is 2.39. The highest BCUT2D eigenvalue weighted by Gasteiger charge is 2.28. The maximum absolute atomic E-state index is 11.9. The fourth-order valence-corrected chi connectivity index (χ4v) is 1.83. The van der Waals surface area contributed by atoms with Crippen molar-refractivity contribution < 1.29 is 9.90 Å². The molecular formula is C10H9N3O3. The summed E-state index contributed by atoms with van der Waals surface area (Å²) in [7, 11) is 0. The van der Waals surface area contributed by atoms with Gasteiger partial charge >= 0.3 is 5.97 Å². The van der Waals surface area contributed by atoms with E-state index in [1.807, 2.05) is 0 Å². The monoisotopic (exact) mass is 219 g/mol. The van der Waals surface area contributed by atoms with E-state index >= 15 is 0 Å².